The Morgan fingerprint density at radius 1 is 0.903 bits per heavy atom. The number of halogens is 9. The Morgan fingerprint density at radius 2 is 1.39 bits per heavy atom. The number of hydrogen-bond donors (Lipinski definition) is 0. The molecule has 1 aromatic rings. The molecule has 4 nitrogen and oxygen atoms in total. The number of benzene rings is 1. The quantitative estimate of drug-likeness (QED) is 0.164. The van der Waals surface area contributed by atoms with E-state index in [1.807, 2.05) is 0 Å². The van der Waals surface area contributed by atoms with Crippen molar-refractivity contribution >= 4 is 10.4 Å². The zero-order chi connectivity index (χ0) is 23.6. The minimum absolute atomic E-state index is 0. The average Bonchev–Trinajstić information content (AvgIpc) is 2.59. The summed E-state index contributed by atoms with van der Waals surface area (Å²) in [6.07, 6.45) is -6.96. The van der Waals surface area contributed by atoms with E-state index in [0.717, 1.165) is 0 Å². The maximum atomic E-state index is 13.9. The molecule has 15 heteroatoms. The Balaban J connectivity index is 0.00000900. The first-order valence-electron chi connectivity index (χ1n) is 8.33. The standard InChI is InChI=1S/C16H17F9O4S.Na/c1-2-3-4-5-12(29-30(26,27)28)10-6-8-11(9-7-10)13(17,18)14(19,20)15(21,22)16(23,24)25;/h6-9,12H,2-5H2,1H3,(H,26,27,28);/q;+1/p-1. The summed E-state index contributed by atoms with van der Waals surface area (Å²) in [5.74, 6) is -19.8. The van der Waals surface area contributed by atoms with Crippen LogP contribution in [0.2, 0.25) is 0 Å². The van der Waals surface area contributed by atoms with Crippen molar-refractivity contribution in [2.45, 2.75) is 62.7 Å². The van der Waals surface area contributed by atoms with Crippen LogP contribution in [0.4, 0.5) is 39.5 Å². The third-order valence-corrected chi connectivity index (χ3v) is 4.56. The molecule has 31 heavy (non-hydrogen) atoms. The minimum Gasteiger partial charge on any atom is -0.726 e. The molecule has 0 saturated carbocycles. The molecule has 1 aromatic carbocycles. The van der Waals surface area contributed by atoms with Crippen LogP contribution in [-0.4, -0.2) is 31.0 Å². The van der Waals surface area contributed by atoms with Gasteiger partial charge in [0.1, 0.15) is 6.10 Å². The van der Waals surface area contributed by atoms with Gasteiger partial charge in [0.2, 0.25) is 10.4 Å². The molecule has 174 valence electrons. The van der Waals surface area contributed by atoms with Crippen LogP contribution in [0, 0.1) is 0 Å². The van der Waals surface area contributed by atoms with Gasteiger partial charge in [0.25, 0.3) is 0 Å². The molecule has 0 N–H and O–H groups in total. The maximum absolute atomic E-state index is 13.9. The van der Waals surface area contributed by atoms with Crippen LogP contribution in [0.25, 0.3) is 0 Å². The molecule has 0 amide bonds. The van der Waals surface area contributed by atoms with Gasteiger partial charge in [-0.25, -0.2) is 8.42 Å². The van der Waals surface area contributed by atoms with Crippen molar-refractivity contribution in [2.75, 3.05) is 0 Å². The van der Waals surface area contributed by atoms with Crippen LogP contribution < -0.4 is 29.6 Å². The summed E-state index contributed by atoms with van der Waals surface area (Å²) < 4.78 is 154. The van der Waals surface area contributed by atoms with Crippen LogP contribution in [-0.2, 0) is 20.5 Å². The van der Waals surface area contributed by atoms with E-state index in [1.54, 1.807) is 6.92 Å². The molecule has 0 aromatic heterocycles. The summed E-state index contributed by atoms with van der Waals surface area (Å²) in [6.45, 7) is 1.79. The summed E-state index contributed by atoms with van der Waals surface area (Å²) in [7, 11) is -5.25. The second-order valence-electron chi connectivity index (χ2n) is 6.33. The van der Waals surface area contributed by atoms with Crippen molar-refractivity contribution in [3.8, 4) is 0 Å². The molecule has 0 aliphatic carbocycles. The summed E-state index contributed by atoms with van der Waals surface area (Å²) >= 11 is 0. The van der Waals surface area contributed by atoms with Gasteiger partial charge in [-0.2, -0.15) is 39.5 Å². The van der Waals surface area contributed by atoms with E-state index in [2.05, 4.69) is 4.18 Å². The molecule has 0 bridgehead atoms. The van der Waals surface area contributed by atoms with Crippen molar-refractivity contribution in [1.29, 1.82) is 0 Å². The number of alkyl halides is 9. The van der Waals surface area contributed by atoms with Crippen molar-refractivity contribution in [2.24, 2.45) is 0 Å². The molecule has 0 radical (unpaired) electrons. The Kier molecular flexibility index (Phi) is 10.4. The van der Waals surface area contributed by atoms with Crippen LogP contribution in [0.1, 0.15) is 49.8 Å². The molecule has 1 rings (SSSR count). The fourth-order valence-electron chi connectivity index (χ4n) is 2.46. The summed E-state index contributed by atoms with van der Waals surface area (Å²) in [6, 6.07) is 1.41. The van der Waals surface area contributed by atoms with Crippen molar-refractivity contribution in [3.05, 3.63) is 35.4 Å². The molecule has 0 saturated heterocycles. The summed E-state index contributed by atoms with van der Waals surface area (Å²) in [5, 5.41) is 0. The third kappa shape index (κ3) is 6.97. The van der Waals surface area contributed by atoms with Gasteiger partial charge in [-0.1, -0.05) is 50.5 Å². The second kappa shape index (κ2) is 10.6. The zero-order valence-corrected chi connectivity index (χ0v) is 19.0. The van der Waals surface area contributed by atoms with Gasteiger partial charge in [0.15, 0.2) is 0 Å². The Hall–Kier alpha value is -0.540. The first-order valence-corrected chi connectivity index (χ1v) is 9.66. The molecule has 0 fully saturated rings. The molecule has 0 heterocycles. The van der Waals surface area contributed by atoms with E-state index in [-0.39, 0.29) is 53.7 Å². The molecular formula is C16H16F9NaO4S. The van der Waals surface area contributed by atoms with Crippen molar-refractivity contribution in [1.82, 2.24) is 0 Å². The van der Waals surface area contributed by atoms with E-state index in [9.17, 15) is 52.5 Å². The van der Waals surface area contributed by atoms with Gasteiger partial charge in [-0.3, -0.25) is 4.18 Å². The van der Waals surface area contributed by atoms with Crippen LogP contribution in [0.3, 0.4) is 0 Å². The monoisotopic (exact) mass is 498 g/mol. The first-order chi connectivity index (χ1) is 13.4. The van der Waals surface area contributed by atoms with Gasteiger partial charge in [0, 0.05) is 5.56 Å². The number of unbranched alkanes of at least 4 members (excludes halogenated alkanes) is 2. The Labute approximate surface area is 194 Å². The van der Waals surface area contributed by atoms with E-state index < -0.39 is 46.0 Å². The fourth-order valence-corrected chi connectivity index (χ4v) is 2.95. The smallest absolute Gasteiger partial charge is 0.726 e. The largest absolute Gasteiger partial charge is 1.00 e. The number of hydrogen-bond acceptors (Lipinski definition) is 4. The predicted molar refractivity (Wildman–Crippen MR) is 84.0 cm³/mol. The van der Waals surface area contributed by atoms with Crippen molar-refractivity contribution < 1.29 is 86.2 Å². The summed E-state index contributed by atoms with van der Waals surface area (Å²) in [5.41, 5.74) is -2.13. The summed E-state index contributed by atoms with van der Waals surface area (Å²) in [4.78, 5) is 0. The molecular weight excluding hydrogens is 482 g/mol. The van der Waals surface area contributed by atoms with Gasteiger partial charge in [0.05, 0.1) is 0 Å². The van der Waals surface area contributed by atoms with E-state index >= 15 is 0 Å². The molecule has 0 aliphatic rings. The normalized spacial score (nSPS) is 14.8. The van der Waals surface area contributed by atoms with E-state index in [0.29, 0.717) is 31.4 Å². The van der Waals surface area contributed by atoms with Gasteiger partial charge in [-0.05, 0) is 12.0 Å². The van der Waals surface area contributed by atoms with Crippen molar-refractivity contribution in [3.63, 3.8) is 0 Å². The van der Waals surface area contributed by atoms with E-state index in [1.165, 1.54) is 0 Å². The molecule has 0 aliphatic heterocycles. The Bertz CT molecular complexity index is 811. The third-order valence-electron chi connectivity index (χ3n) is 4.09. The predicted octanol–water partition coefficient (Wildman–Crippen LogP) is 2.71. The molecule has 1 atom stereocenters. The zero-order valence-electron chi connectivity index (χ0n) is 16.2. The maximum Gasteiger partial charge on any atom is 1.00 e. The van der Waals surface area contributed by atoms with Crippen LogP contribution in [0.15, 0.2) is 24.3 Å². The number of rotatable bonds is 10. The minimum atomic E-state index is -7.04. The SMILES string of the molecule is CCCCCC(OS(=O)(=O)[O-])c1ccc(C(F)(F)C(F)(F)C(F)(F)C(F)(F)F)cc1.[Na+]. The van der Waals surface area contributed by atoms with Gasteiger partial charge in [-0.15, -0.1) is 0 Å². The average molecular weight is 498 g/mol. The molecule has 1 unspecified atom stereocenters. The second-order valence-corrected chi connectivity index (χ2v) is 7.34. The molecule has 0 spiro atoms. The first kappa shape index (κ1) is 30.5. The van der Waals surface area contributed by atoms with Gasteiger partial charge < -0.3 is 4.55 Å². The fraction of sp³-hybridized carbons (Fsp3) is 0.625. The van der Waals surface area contributed by atoms with Crippen LogP contribution in [0.5, 0.6) is 0 Å². The van der Waals surface area contributed by atoms with Crippen LogP contribution >= 0.6 is 0 Å². The topological polar surface area (TPSA) is 66.4 Å². The Morgan fingerprint density at radius 3 is 1.77 bits per heavy atom. The van der Waals surface area contributed by atoms with E-state index in [4.69, 9.17) is 0 Å². The van der Waals surface area contributed by atoms with Gasteiger partial charge >= 0.3 is 53.5 Å².